The highest BCUT2D eigenvalue weighted by Crippen LogP contribution is 2.19. The van der Waals surface area contributed by atoms with Gasteiger partial charge in [0.2, 0.25) is 0 Å². The SMILES string of the molecule is CCC1CCN(CCCS)CC1. The van der Waals surface area contributed by atoms with Crippen molar-refractivity contribution in [3.8, 4) is 0 Å². The molecule has 1 aliphatic heterocycles. The van der Waals surface area contributed by atoms with Crippen LogP contribution in [0.15, 0.2) is 0 Å². The van der Waals surface area contributed by atoms with Crippen LogP contribution in [0.1, 0.15) is 32.6 Å². The van der Waals surface area contributed by atoms with Crippen LogP contribution in [0, 0.1) is 5.92 Å². The maximum Gasteiger partial charge on any atom is -0.00110 e. The molecule has 1 nitrogen and oxygen atoms in total. The highest BCUT2D eigenvalue weighted by molar-refractivity contribution is 7.80. The van der Waals surface area contributed by atoms with Crippen molar-refractivity contribution in [1.29, 1.82) is 0 Å². The Labute approximate surface area is 81.9 Å². The molecule has 0 aromatic heterocycles. The lowest BCUT2D eigenvalue weighted by Crippen LogP contribution is -2.34. The number of hydrogen-bond donors (Lipinski definition) is 1. The van der Waals surface area contributed by atoms with E-state index < -0.39 is 0 Å². The highest BCUT2D eigenvalue weighted by atomic mass is 32.1. The molecule has 0 amide bonds. The molecule has 1 rings (SSSR count). The molecular weight excluding hydrogens is 166 g/mol. The van der Waals surface area contributed by atoms with Gasteiger partial charge in [-0.1, -0.05) is 13.3 Å². The van der Waals surface area contributed by atoms with Crippen LogP contribution >= 0.6 is 12.6 Å². The zero-order valence-electron chi connectivity index (χ0n) is 8.13. The lowest BCUT2D eigenvalue weighted by atomic mass is 9.94. The van der Waals surface area contributed by atoms with E-state index in [2.05, 4.69) is 24.5 Å². The molecule has 0 atom stereocenters. The first-order valence-electron chi connectivity index (χ1n) is 5.20. The molecule has 0 saturated carbocycles. The maximum absolute atomic E-state index is 4.23. The Morgan fingerprint density at radius 2 is 2.00 bits per heavy atom. The third kappa shape index (κ3) is 3.36. The first kappa shape index (κ1) is 10.4. The molecule has 0 unspecified atom stereocenters. The van der Waals surface area contributed by atoms with E-state index >= 15 is 0 Å². The van der Waals surface area contributed by atoms with Gasteiger partial charge in [-0.3, -0.25) is 0 Å². The molecule has 0 aliphatic carbocycles. The van der Waals surface area contributed by atoms with Gasteiger partial charge in [0.25, 0.3) is 0 Å². The second kappa shape index (κ2) is 5.87. The van der Waals surface area contributed by atoms with Crippen LogP contribution < -0.4 is 0 Å². The summed E-state index contributed by atoms with van der Waals surface area (Å²) in [5.74, 6) is 2.05. The third-order valence-electron chi connectivity index (χ3n) is 2.92. The quantitative estimate of drug-likeness (QED) is 0.662. The minimum Gasteiger partial charge on any atom is -0.303 e. The summed E-state index contributed by atoms with van der Waals surface area (Å²) in [6, 6.07) is 0. The van der Waals surface area contributed by atoms with Crippen molar-refractivity contribution in [2.45, 2.75) is 32.6 Å². The Balaban J connectivity index is 2.09. The van der Waals surface area contributed by atoms with Gasteiger partial charge in [-0.2, -0.15) is 12.6 Å². The van der Waals surface area contributed by atoms with Crippen LogP contribution in [-0.4, -0.2) is 30.3 Å². The van der Waals surface area contributed by atoms with Crippen LogP contribution in [0.2, 0.25) is 0 Å². The fourth-order valence-electron chi connectivity index (χ4n) is 1.91. The van der Waals surface area contributed by atoms with Crippen molar-refractivity contribution in [2.24, 2.45) is 5.92 Å². The van der Waals surface area contributed by atoms with Crippen LogP contribution in [0.4, 0.5) is 0 Å². The van der Waals surface area contributed by atoms with E-state index in [0.29, 0.717) is 0 Å². The molecule has 0 bridgehead atoms. The Kier molecular flexibility index (Phi) is 5.08. The van der Waals surface area contributed by atoms with Crippen LogP contribution in [0.3, 0.4) is 0 Å². The standard InChI is InChI=1S/C10H21NS/c1-2-10-4-7-11(8-5-10)6-3-9-12/h10,12H,2-9H2,1H3. The minimum absolute atomic E-state index is 1.01. The lowest BCUT2D eigenvalue weighted by molar-refractivity contribution is 0.183. The van der Waals surface area contributed by atoms with Crippen molar-refractivity contribution >= 4 is 12.6 Å². The van der Waals surface area contributed by atoms with Crippen LogP contribution in [0.25, 0.3) is 0 Å². The predicted molar refractivity (Wildman–Crippen MR) is 57.9 cm³/mol. The van der Waals surface area contributed by atoms with Crippen molar-refractivity contribution in [3.05, 3.63) is 0 Å². The summed E-state index contributed by atoms with van der Waals surface area (Å²) in [4.78, 5) is 2.59. The summed E-state index contributed by atoms with van der Waals surface area (Å²) >= 11 is 4.23. The number of nitrogens with zero attached hydrogens (tertiary/aromatic N) is 1. The van der Waals surface area contributed by atoms with Crippen molar-refractivity contribution in [3.63, 3.8) is 0 Å². The van der Waals surface area contributed by atoms with Gasteiger partial charge < -0.3 is 4.90 Å². The van der Waals surface area contributed by atoms with E-state index in [-0.39, 0.29) is 0 Å². The molecule has 0 spiro atoms. The predicted octanol–water partition coefficient (Wildman–Crippen LogP) is 2.43. The van der Waals surface area contributed by atoms with E-state index in [1.807, 2.05) is 0 Å². The van der Waals surface area contributed by atoms with Gasteiger partial charge in [0.05, 0.1) is 0 Å². The molecule has 12 heavy (non-hydrogen) atoms. The van der Waals surface area contributed by atoms with Gasteiger partial charge in [0.15, 0.2) is 0 Å². The highest BCUT2D eigenvalue weighted by Gasteiger charge is 2.16. The first-order chi connectivity index (χ1) is 5.86. The monoisotopic (exact) mass is 187 g/mol. The summed E-state index contributed by atoms with van der Waals surface area (Å²) in [5, 5.41) is 0. The zero-order valence-corrected chi connectivity index (χ0v) is 9.02. The molecule has 1 heterocycles. The molecule has 1 saturated heterocycles. The van der Waals surface area contributed by atoms with E-state index in [1.54, 1.807) is 0 Å². The summed E-state index contributed by atoms with van der Waals surface area (Å²) in [7, 11) is 0. The van der Waals surface area contributed by atoms with Gasteiger partial charge in [-0.15, -0.1) is 0 Å². The number of likely N-dealkylation sites (tertiary alicyclic amines) is 1. The molecule has 0 radical (unpaired) electrons. The molecule has 0 aromatic rings. The topological polar surface area (TPSA) is 3.24 Å². The summed E-state index contributed by atoms with van der Waals surface area (Å²) in [6.45, 7) is 6.23. The normalized spacial score (nSPS) is 21.5. The number of rotatable bonds is 4. The molecule has 2 heteroatoms. The smallest absolute Gasteiger partial charge is 0.00110 e. The van der Waals surface area contributed by atoms with E-state index in [4.69, 9.17) is 0 Å². The zero-order chi connectivity index (χ0) is 8.81. The van der Waals surface area contributed by atoms with Crippen LogP contribution in [-0.2, 0) is 0 Å². The minimum atomic E-state index is 1.01. The second-order valence-electron chi connectivity index (χ2n) is 3.77. The molecule has 0 N–H and O–H groups in total. The van der Waals surface area contributed by atoms with Crippen molar-refractivity contribution < 1.29 is 0 Å². The molecule has 72 valence electrons. The molecule has 0 aromatic carbocycles. The summed E-state index contributed by atoms with van der Waals surface area (Å²) in [5.41, 5.74) is 0. The molecule has 1 fully saturated rings. The Bertz CT molecular complexity index is 108. The lowest BCUT2D eigenvalue weighted by Gasteiger charge is -2.31. The van der Waals surface area contributed by atoms with Gasteiger partial charge in [-0.05, 0) is 50.6 Å². The van der Waals surface area contributed by atoms with Crippen LogP contribution in [0.5, 0.6) is 0 Å². The Morgan fingerprint density at radius 3 is 2.50 bits per heavy atom. The average Bonchev–Trinajstić information content (AvgIpc) is 2.15. The van der Waals surface area contributed by atoms with E-state index in [0.717, 1.165) is 11.7 Å². The average molecular weight is 187 g/mol. The van der Waals surface area contributed by atoms with Crippen molar-refractivity contribution in [2.75, 3.05) is 25.4 Å². The molecule has 1 aliphatic rings. The van der Waals surface area contributed by atoms with Gasteiger partial charge in [0, 0.05) is 0 Å². The van der Waals surface area contributed by atoms with Gasteiger partial charge in [0.1, 0.15) is 0 Å². The Morgan fingerprint density at radius 1 is 1.33 bits per heavy atom. The largest absolute Gasteiger partial charge is 0.303 e. The fraction of sp³-hybridized carbons (Fsp3) is 1.00. The van der Waals surface area contributed by atoms with Gasteiger partial charge in [-0.25, -0.2) is 0 Å². The summed E-state index contributed by atoms with van der Waals surface area (Å²) in [6.07, 6.45) is 5.46. The maximum atomic E-state index is 4.23. The Hall–Kier alpha value is 0.310. The third-order valence-corrected chi connectivity index (χ3v) is 3.23. The number of hydrogen-bond acceptors (Lipinski definition) is 2. The van der Waals surface area contributed by atoms with Crippen molar-refractivity contribution in [1.82, 2.24) is 4.90 Å². The first-order valence-corrected chi connectivity index (χ1v) is 5.83. The van der Waals surface area contributed by atoms with E-state index in [9.17, 15) is 0 Å². The number of piperidine rings is 1. The number of thiol groups is 1. The second-order valence-corrected chi connectivity index (χ2v) is 4.22. The fourth-order valence-corrected chi connectivity index (χ4v) is 2.05. The van der Waals surface area contributed by atoms with Gasteiger partial charge >= 0.3 is 0 Å². The summed E-state index contributed by atoms with van der Waals surface area (Å²) < 4.78 is 0. The van der Waals surface area contributed by atoms with E-state index in [1.165, 1.54) is 45.3 Å². The molecular formula is C10H21NS.